The lowest BCUT2D eigenvalue weighted by Gasteiger charge is -2.23. The molecule has 23 heavy (non-hydrogen) atoms. The van der Waals surface area contributed by atoms with E-state index in [1.807, 2.05) is 18.5 Å². The fraction of sp³-hybridized carbons (Fsp3) is 0.765. The predicted molar refractivity (Wildman–Crippen MR) is 88.3 cm³/mol. The number of carbonyl (C=O) groups excluding carboxylic acids is 1. The Hall–Kier alpha value is -1.40. The number of hydrogen-bond acceptors (Lipinski definition) is 4. The standard InChI is InChI=1S/C17H29N3O3/c1-13-11-14(2)20(19-13)9-6-8-18-17(21)15(3)23-12-16-7-4-5-10-22-16/h11,15-16H,4-10,12H2,1-3H3,(H,18,21)/t15-,16+/m0/s1. The molecule has 0 spiro atoms. The summed E-state index contributed by atoms with van der Waals surface area (Å²) in [6.45, 7) is 8.57. The SMILES string of the molecule is Cc1cc(C)n(CCCNC(=O)[C@H](C)OC[C@H]2CCCCO2)n1. The van der Waals surface area contributed by atoms with E-state index in [2.05, 4.69) is 16.5 Å². The number of amides is 1. The Morgan fingerprint density at radius 3 is 3.00 bits per heavy atom. The molecular formula is C17H29N3O3. The molecule has 2 rings (SSSR count). The van der Waals surface area contributed by atoms with E-state index >= 15 is 0 Å². The van der Waals surface area contributed by atoms with E-state index in [0.29, 0.717) is 13.2 Å². The van der Waals surface area contributed by atoms with Crippen LogP contribution in [0.15, 0.2) is 6.07 Å². The molecule has 6 nitrogen and oxygen atoms in total. The molecule has 1 aliphatic rings. The third-order valence-electron chi connectivity index (χ3n) is 4.12. The van der Waals surface area contributed by atoms with Gasteiger partial charge in [0.05, 0.1) is 18.4 Å². The van der Waals surface area contributed by atoms with Crippen molar-refractivity contribution in [1.82, 2.24) is 15.1 Å². The average molecular weight is 323 g/mol. The summed E-state index contributed by atoms with van der Waals surface area (Å²) in [5.41, 5.74) is 2.18. The number of rotatable bonds is 8. The van der Waals surface area contributed by atoms with E-state index < -0.39 is 6.10 Å². The van der Waals surface area contributed by atoms with Gasteiger partial charge in [-0.05, 0) is 52.5 Å². The van der Waals surface area contributed by atoms with Crippen LogP contribution in [0.3, 0.4) is 0 Å². The molecule has 6 heteroatoms. The van der Waals surface area contributed by atoms with Crippen LogP contribution in [0.4, 0.5) is 0 Å². The second-order valence-electron chi connectivity index (χ2n) is 6.26. The van der Waals surface area contributed by atoms with Crippen LogP contribution in [-0.2, 0) is 20.8 Å². The van der Waals surface area contributed by atoms with Gasteiger partial charge in [-0.25, -0.2) is 0 Å². The fourth-order valence-electron chi connectivity index (χ4n) is 2.75. The van der Waals surface area contributed by atoms with Gasteiger partial charge in [0.2, 0.25) is 5.91 Å². The third-order valence-corrected chi connectivity index (χ3v) is 4.12. The molecule has 1 N–H and O–H groups in total. The summed E-state index contributed by atoms with van der Waals surface area (Å²) < 4.78 is 13.2. The molecule has 2 atom stereocenters. The summed E-state index contributed by atoms with van der Waals surface area (Å²) in [5, 5.41) is 7.33. The normalized spacial score (nSPS) is 19.5. The van der Waals surface area contributed by atoms with Crippen molar-refractivity contribution >= 4 is 5.91 Å². The number of nitrogens with zero attached hydrogens (tertiary/aromatic N) is 2. The van der Waals surface area contributed by atoms with Crippen LogP contribution >= 0.6 is 0 Å². The molecule has 0 aliphatic carbocycles. The second-order valence-corrected chi connectivity index (χ2v) is 6.26. The van der Waals surface area contributed by atoms with Gasteiger partial charge in [0.25, 0.3) is 0 Å². The van der Waals surface area contributed by atoms with Gasteiger partial charge in [-0.3, -0.25) is 9.48 Å². The monoisotopic (exact) mass is 323 g/mol. The predicted octanol–water partition coefficient (Wildman–Crippen LogP) is 1.98. The topological polar surface area (TPSA) is 65.4 Å². The molecule has 1 saturated heterocycles. The van der Waals surface area contributed by atoms with E-state index in [4.69, 9.17) is 9.47 Å². The number of nitrogens with one attached hydrogen (secondary N) is 1. The van der Waals surface area contributed by atoms with Crippen LogP contribution in [0.1, 0.15) is 44.0 Å². The molecule has 0 aromatic carbocycles. The van der Waals surface area contributed by atoms with Gasteiger partial charge < -0.3 is 14.8 Å². The van der Waals surface area contributed by atoms with Gasteiger partial charge >= 0.3 is 0 Å². The summed E-state index contributed by atoms with van der Waals surface area (Å²) in [6, 6.07) is 2.06. The minimum absolute atomic E-state index is 0.0609. The van der Waals surface area contributed by atoms with Crippen molar-refractivity contribution in [3.05, 3.63) is 17.5 Å². The lowest BCUT2D eigenvalue weighted by molar-refractivity contribution is -0.135. The van der Waals surface area contributed by atoms with Gasteiger partial charge in [-0.15, -0.1) is 0 Å². The molecule has 1 aliphatic heterocycles. The van der Waals surface area contributed by atoms with Gasteiger partial charge in [0.15, 0.2) is 0 Å². The zero-order valence-corrected chi connectivity index (χ0v) is 14.5. The molecular weight excluding hydrogens is 294 g/mol. The van der Waals surface area contributed by atoms with E-state index in [1.54, 1.807) is 6.92 Å². The van der Waals surface area contributed by atoms with Crippen molar-refractivity contribution in [2.75, 3.05) is 19.8 Å². The van der Waals surface area contributed by atoms with E-state index in [0.717, 1.165) is 43.8 Å². The van der Waals surface area contributed by atoms with Gasteiger partial charge in [0, 0.05) is 25.4 Å². The molecule has 1 fully saturated rings. The summed E-state index contributed by atoms with van der Waals surface area (Å²) in [6.07, 6.45) is 3.89. The maximum absolute atomic E-state index is 12.0. The van der Waals surface area contributed by atoms with Crippen LogP contribution in [-0.4, -0.2) is 47.7 Å². The largest absolute Gasteiger partial charge is 0.376 e. The first-order chi connectivity index (χ1) is 11.1. The Labute approximate surface area is 138 Å². The average Bonchev–Trinajstić information content (AvgIpc) is 2.87. The number of hydrogen-bond donors (Lipinski definition) is 1. The van der Waals surface area contributed by atoms with E-state index in [9.17, 15) is 4.79 Å². The molecule has 1 aromatic rings. The first kappa shape index (κ1) is 17.9. The van der Waals surface area contributed by atoms with E-state index in [-0.39, 0.29) is 12.0 Å². The maximum Gasteiger partial charge on any atom is 0.248 e. The van der Waals surface area contributed by atoms with Crippen molar-refractivity contribution in [3.63, 3.8) is 0 Å². The van der Waals surface area contributed by atoms with Crippen LogP contribution in [0.2, 0.25) is 0 Å². The number of ether oxygens (including phenoxy) is 2. The number of aromatic nitrogens is 2. The van der Waals surface area contributed by atoms with E-state index in [1.165, 1.54) is 6.42 Å². The Kier molecular flexibility index (Phi) is 7.05. The molecule has 2 heterocycles. The zero-order valence-electron chi connectivity index (χ0n) is 14.5. The van der Waals surface area contributed by atoms with Crippen LogP contribution in [0, 0.1) is 13.8 Å². The molecule has 1 amide bonds. The highest BCUT2D eigenvalue weighted by Gasteiger charge is 2.18. The lowest BCUT2D eigenvalue weighted by atomic mass is 10.1. The fourth-order valence-corrected chi connectivity index (χ4v) is 2.75. The Morgan fingerprint density at radius 1 is 1.52 bits per heavy atom. The molecule has 0 unspecified atom stereocenters. The Balaban J connectivity index is 1.59. The number of aryl methyl sites for hydroxylation is 3. The minimum atomic E-state index is -0.436. The quantitative estimate of drug-likeness (QED) is 0.743. The summed E-state index contributed by atoms with van der Waals surface area (Å²) >= 11 is 0. The molecule has 0 saturated carbocycles. The highest BCUT2D eigenvalue weighted by molar-refractivity contribution is 5.80. The first-order valence-corrected chi connectivity index (χ1v) is 8.58. The third kappa shape index (κ3) is 5.95. The highest BCUT2D eigenvalue weighted by atomic mass is 16.5. The second kappa shape index (κ2) is 9.03. The molecule has 0 radical (unpaired) electrons. The van der Waals surface area contributed by atoms with Gasteiger partial charge in [-0.1, -0.05) is 0 Å². The van der Waals surface area contributed by atoms with Crippen molar-refractivity contribution in [1.29, 1.82) is 0 Å². The minimum Gasteiger partial charge on any atom is -0.376 e. The first-order valence-electron chi connectivity index (χ1n) is 8.58. The van der Waals surface area contributed by atoms with Crippen molar-refractivity contribution in [2.24, 2.45) is 0 Å². The molecule has 130 valence electrons. The van der Waals surface area contributed by atoms with Crippen molar-refractivity contribution in [3.8, 4) is 0 Å². The van der Waals surface area contributed by atoms with Crippen LogP contribution in [0.25, 0.3) is 0 Å². The smallest absolute Gasteiger partial charge is 0.248 e. The van der Waals surface area contributed by atoms with Gasteiger partial charge in [0.1, 0.15) is 6.10 Å². The molecule has 1 aromatic heterocycles. The summed E-state index contributed by atoms with van der Waals surface area (Å²) in [5.74, 6) is -0.0609. The Bertz CT molecular complexity index is 495. The van der Waals surface area contributed by atoms with Crippen LogP contribution in [0.5, 0.6) is 0 Å². The summed E-state index contributed by atoms with van der Waals surface area (Å²) in [7, 11) is 0. The highest BCUT2D eigenvalue weighted by Crippen LogP contribution is 2.13. The van der Waals surface area contributed by atoms with Crippen molar-refractivity contribution < 1.29 is 14.3 Å². The van der Waals surface area contributed by atoms with Crippen LogP contribution < -0.4 is 5.32 Å². The lowest BCUT2D eigenvalue weighted by Crippen LogP contribution is -2.37. The Morgan fingerprint density at radius 2 is 2.35 bits per heavy atom. The van der Waals surface area contributed by atoms with Gasteiger partial charge in [-0.2, -0.15) is 5.10 Å². The van der Waals surface area contributed by atoms with Crippen molar-refractivity contribution in [2.45, 2.75) is 65.2 Å². The zero-order chi connectivity index (χ0) is 16.7. The summed E-state index contributed by atoms with van der Waals surface area (Å²) in [4.78, 5) is 12.0. The maximum atomic E-state index is 12.0. The molecule has 0 bridgehead atoms. The number of carbonyl (C=O) groups is 1.